The van der Waals surface area contributed by atoms with Gasteiger partial charge < -0.3 is 9.80 Å². The lowest BCUT2D eigenvalue weighted by atomic mass is 10.0. The second-order valence-electron chi connectivity index (χ2n) is 7.36. The Morgan fingerprint density at radius 2 is 1.62 bits per heavy atom. The molecule has 3 heterocycles. The molecule has 2 aromatic heterocycles. The Balaban J connectivity index is 0.00000205. The van der Waals surface area contributed by atoms with Crippen LogP contribution in [-0.4, -0.2) is 41.4 Å². The number of rotatable bonds is 3. The van der Waals surface area contributed by atoms with Gasteiger partial charge in [-0.3, -0.25) is 10.1 Å². The van der Waals surface area contributed by atoms with E-state index in [9.17, 15) is 0 Å². The quantitative estimate of drug-likeness (QED) is 0.545. The van der Waals surface area contributed by atoms with Crippen molar-refractivity contribution < 1.29 is 0 Å². The van der Waals surface area contributed by atoms with Gasteiger partial charge in [0.2, 0.25) is 0 Å². The monoisotopic (exact) mass is 385 g/mol. The zero-order valence-electron chi connectivity index (χ0n) is 16.0. The van der Waals surface area contributed by atoms with Crippen LogP contribution in [0.4, 0.5) is 11.4 Å². The van der Waals surface area contributed by atoms with Gasteiger partial charge in [-0.1, -0.05) is 31.2 Å². The molecule has 1 N–H and O–H groups in total. The topological polar surface area (TPSA) is 48.1 Å². The molecule has 29 heavy (non-hydrogen) atoms. The van der Waals surface area contributed by atoms with E-state index in [1.807, 2.05) is 18.6 Å². The van der Waals surface area contributed by atoms with Crippen molar-refractivity contribution in [2.24, 2.45) is 0 Å². The van der Waals surface area contributed by atoms with E-state index < -0.39 is 0 Å². The third-order valence-corrected chi connectivity index (χ3v) is 5.57. The summed E-state index contributed by atoms with van der Waals surface area (Å²) in [6, 6.07) is 17.4. The standard InChI is InChI=1S/C23H23N5.CH4/c1-17-2-5-20(6-3-17)27-10-12-28(13-11-27)23-8-9-24-22-7-4-18(14-21(22)23)19-15-25-26-16-19;/h2-9,14-16H,10-13H2,1H3,(H,25,26);1H4. The Hall–Kier alpha value is -3.34. The maximum absolute atomic E-state index is 4.57. The van der Waals surface area contributed by atoms with Gasteiger partial charge in [0.1, 0.15) is 0 Å². The number of pyridine rings is 1. The van der Waals surface area contributed by atoms with E-state index in [4.69, 9.17) is 0 Å². The third kappa shape index (κ3) is 3.68. The molecule has 0 amide bonds. The minimum Gasteiger partial charge on any atom is -0.368 e. The van der Waals surface area contributed by atoms with Crippen molar-refractivity contribution in [3.63, 3.8) is 0 Å². The molecule has 0 atom stereocenters. The fraction of sp³-hybridized carbons (Fsp3) is 0.250. The first-order valence-corrected chi connectivity index (χ1v) is 9.72. The van der Waals surface area contributed by atoms with Gasteiger partial charge in [0.25, 0.3) is 0 Å². The lowest BCUT2D eigenvalue weighted by Crippen LogP contribution is -2.46. The number of aromatic amines is 1. The molecule has 148 valence electrons. The molecule has 0 unspecified atom stereocenters. The lowest BCUT2D eigenvalue weighted by molar-refractivity contribution is 0.655. The molecule has 4 aromatic rings. The second-order valence-corrected chi connectivity index (χ2v) is 7.36. The molecule has 0 spiro atoms. The van der Waals surface area contributed by atoms with Gasteiger partial charge >= 0.3 is 0 Å². The summed E-state index contributed by atoms with van der Waals surface area (Å²) in [4.78, 5) is 9.52. The highest BCUT2D eigenvalue weighted by molar-refractivity contribution is 5.94. The van der Waals surface area contributed by atoms with Crippen LogP contribution in [-0.2, 0) is 0 Å². The van der Waals surface area contributed by atoms with Crippen molar-refractivity contribution in [2.45, 2.75) is 14.4 Å². The molecule has 0 saturated carbocycles. The Labute approximate surface area is 172 Å². The predicted octanol–water partition coefficient (Wildman–Crippen LogP) is 4.90. The summed E-state index contributed by atoms with van der Waals surface area (Å²) < 4.78 is 0. The number of fused-ring (bicyclic) bond motifs is 1. The molecule has 1 aliphatic rings. The van der Waals surface area contributed by atoms with Crippen LogP contribution in [0.5, 0.6) is 0 Å². The molecule has 5 heteroatoms. The third-order valence-electron chi connectivity index (χ3n) is 5.57. The molecule has 2 aromatic carbocycles. The number of piperazine rings is 1. The fourth-order valence-corrected chi connectivity index (χ4v) is 3.96. The minimum atomic E-state index is 0. The molecule has 1 fully saturated rings. The van der Waals surface area contributed by atoms with Gasteiger partial charge in [-0.05, 0) is 42.8 Å². The first-order chi connectivity index (χ1) is 13.8. The van der Waals surface area contributed by atoms with Gasteiger partial charge in [-0.2, -0.15) is 5.10 Å². The van der Waals surface area contributed by atoms with Crippen molar-refractivity contribution in [3.8, 4) is 11.1 Å². The molecule has 1 saturated heterocycles. The Kier molecular flexibility index (Phi) is 5.21. The van der Waals surface area contributed by atoms with Gasteiger partial charge in [0.05, 0.1) is 11.7 Å². The molecular weight excluding hydrogens is 358 g/mol. The molecule has 0 bridgehead atoms. The van der Waals surface area contributed by atoms with E-state index in [1.165, 1.54) is 22.3 Å². The highest BCUT2D eigenvalue weighted by atomic mass is 15.3. The molecular formula is C24H27N5. The first-order valence-electron chi connectivity index (χ1n) is 9.72. The zero-order chi connectivity index (χ0) is 18.9. The summed E-state index contributed by atoms with van der Waals surface area (Å²) >= 11 is 0. The summed E-state index contributed by atoms with van der Waals surface area (Å²) in [5.74, 6) is 0. The number of hydrogen-bond acceptors (Lipinski definition) is 4. The van der Waals surface area contributed by atoms with Gasteiger partial charge in [-0.25, -0.2) is 0 Å². The van der Waals surface area contributed by atoms with Crippen LogP contribution in [0.3, 0.4) is 0 Å². The number of aryl methyl sites for hydroxylation is 1. The maximum Gasteiger partial charge on any atom is 0.0723 e. The van der Waals surface area contributed by atoms with Crippen LogP contribution in [0.15, 0.2) is 67.1 Å². The molecule has 5 nitrogen and oxygen atoms in total. The SMILES string of the molecule is C.Cc1ccc(N2CCN(c3ccnc4ccc(-c5cn[nH]c5)cc34)CC2)cc1. The van der Waals surface area contributed by atoms with E-state index in [-0.39, 0.29) is 7.43 Å². The Bertz CT molecular complexity index is 1080. The fourth-order valence-electron chi connectivity index (χ4n) is 3.96. The summed E-state index contributed by atoms with van der Waals surface area (Å²) in [6.07, 6.45) is 5.71. The Morgan fingerprint density at radius 1 is 0.862 bits per heavy atom. The highest BCUT2D eigenvalue weighted by Crippen LogP contribution is 2.31. The summed E-state index contributed by atoms with van der Waals surface area (Å²) in [5.41, 5.74) is 7.17. The van der Waals surface area contributed by atoms with Crippen molar-refractivity contribution >= 4 is 22.3 Å². The van der Waals surface area contributed by atoms with Gasteiger partial charge in [-0.15, -0.1) is 0 Å². The minimum absolute atomic E-state index is 0. The smallest absolute Gasteiger partial charge is 0.0723 e. The van der Waals surface area contributed by atoms with E-state index >= 15 is 0 Å². The van der Waals surface area contributed by atoms with Crippen molar-refractivity contribution in [1.82, 2.24) is 15.2 Å². The molecule has 0 aliphatic carbocycles. The van der Waals surface area contributed by atoms with Crippen LogP contribution in [0, 0.1) is 6.92 Å². The van der Waals surface area contributed by atoms with E-state index in [0.717, 1.165) is 42.8 Å². The van der Waals surface area contributed by atoms with Crippen LogP contribution in [0.25, 0.3) is 22.0 Å². The second kappa shape index (κ2) is 7.95. The maximum atomic E-state index is 4.57. The predicted molar refractivity (Wildman–Crippen MR) is 122 cm³/mol. The number of anilines is 2. The number of aromatic nitrogens is 3. The van der Waals surface area contributed by atoms with Crippen molar-refractivity contribution in [3.05, 3.63) is 72.7 Å². The largest absolute Gasteiger partial charge is 0.368 e. The number of nitrogens with zero attached hydrogens (tertiary/aromatic N) is 4. The molecule has 0 radical (unpaired) electrons. The number of nitrogens with one attached hydrogen (secondary N) is 1. The van der Waals surface area contributed by atoms with E-state index in [2.05, 4.69) is 80.4 Å². The van der Waals surface area contributed by atoms with Crippen LogP contribution in [0.2, 0.25) is 0 Å². The summed E-state index contributed by atoms with van der Waals surface area (Å²) in [5, 5.41) is 8.17. The summed E-state index contributed by atoms with van der Waals surface area (Å²) in [7, 11) is 0. The summed E-state index contributed by atoms with van der Waals surface area (Å²) in [6.45, 7) is 6.18. The number of benzene rings is 2. The van der Waals surface area contributed by atoms with E-state index in [1.54, 1.807) is 0 Å². The average Bonchev–Trinajstić information content (AvgIpc) is 3.29. The lowest BCUT2D eigenvalue weighted by Gasteiger charge is -2.37. The highest BCUT2D eigenvalue weighted by Gasteiger charge is 2.19. The normalized spacial score (nSPS) is 14.1. The Morgan fingerprint density at radius 3 is 2.34 bits per heavy atom. The number of H-pyrrole nitrogens is 1. The van der Waals surface area contributed by atoms with Crippen LogP contribution in [0.1, 0.15) is 13.0 Å². The average molecular weight is 386 g/mol. The molecule has 1 aliphatic heterocycles. The van der Waals surface area contributed by atoms with Gasteiger partial charge in [0.15, 0.2) is 0 Å². The van der Waals surface area contributed by atoms with Gasteiger partial charge in [0, 0.05) is 60.9 Å². The zero-order valence-corrected chi connectivity index (χ0v) is 16.0. The molecule has 5 rings (SSSR count). The van der Waals surface area contributed by atoms with Crippen molar-refractivity contribution in [1.29, 1.82) is 0 Å². The van der Waals surface area contributed by atoms with E-state index in [0.29, 0.717) is 0 Å². The first kappa shape index (κ1) is 19.0. The number of hydrogen-bond donors (Lipinski definition) is 1. The van der Waals surface area contributed by atoms with Crippen molar-refractivity contribution in [2.75, 3.05) is 36.0 Å². The van der Waals surface area contributed by atoms with Crippen LogP contribution >= 0.6 is 0 Å². The van der Waals surface area contributed by atoms with Crippen LogP contribution < -0.4 is 9.80 Å².